The fourth-order valence-corrected chi connectivity index (χ4v) is 9.60. The van der Waals surface area contributed by atoms with E-state index in [0.717, 1.165) is 83.0 Å². The fraction of sp³-hybridized carbons (Fsp3) is 0.391. The summed E-state index contributed by atoms with van der Waals surface area (Å²) < 4.78 is 1.77. The molecule has 62 heavy (non-hydrogen) atoms. The molecule has 16 heteroatoms. The summed E-state index contributed by atoms with van der Waals surface area (Å²) in [5, 5.41) is 18.1. The summed E-state index contributed by atoms with van der Waals surface area (Å²) in [7, 11) is 1.88. The summed E-state index contributed by atoms with van der Waals surface area (Å²) in [6, 6.07) is 16.8. The van der Waals surface area contributed by atoms with Gasteiger partial charge in [-0.05, 0) is 105 Å². The molecule has 16 nitrogen and oxygen atoms in total. The lowest BCUT2D eigenvalue weighted by Crippen LogP contribution is -2.54. The molecule has 5 aromatic rings. The molecule has 4 aliphatic heterocycles. The molecule has 4 N–H and O–H groups in total. The van der Waals surface area contributed by atoms with Crippen LogP contribution < -0.4 is 26.2 Å². The Morgan fingerprint density at radius 1 is 0.871 bits per heavy atom. The monoisotopic (exact) mass is 835 g/mol. The van der Waals surface area contributed by atoms with Crippen molar-refractivity contribution in [2.24, 2.45) is 13.0 Å². The van der Waals surface area contributed by atoms with Gasteiger partial charge < -0.3 is 20.9 Å². The quantitative estimate of drug-likeness (QED) is 0.141. The molecule has 318 valence electrons. The number of nitrogens with zero attached hydrogens (tertiary/aromatic N) is 7. The number of aryl methyl sites for hydroxylation is 3. The van der Waals surface area contributed by atoms with E-state index in [0.29, 0.717) is 37.7 Å². The zero-order valence-corrected chi connectivity index (χ0v) is 35.1. The van der Waals surface area contributed by atoms with E-state index in [9.17, 15) is 24.0 Å². The Morgan fingerprint density at radius 2 is 1.65 bits per heavy atom. The van der Waals surface area contributed by atoms with Crippen LogP contribution >= 0.6 is 0 Å². The van der Waals surface area contributed by atoms with Gasteiger partial charge in [-0.15, -0.1) is 0 Å². The third-order valence-electron chi connectivity index (χ3n) is 13.3. The zero-order valence-electron chi connectivity index (χ0n) is 35.1. The summed E-state index contributed by atoms with van der Waals surface area (Å²) in [4.78, 5) is 79.5. The van der Waals surface area contributed by atoms with Crippen LogP contribution in [-0.4, -0.2) is 96.8 Å². The number of fused-ring (bicyclic) bond motifs is 3. The predicted octanol–water partition coefficient (Wildman–Crippen LogP) is 4.79. The van der Waals surface area contributed by atoms with Crippen molar-refractivity contribution in [1.82, 2.24) is 40.2 Å². The number of imide groups is 2. The first-order valence-corrected chi connectivity index (χ1v) is 21.5. The van der Waals surface area contributed by atoms with E-state index in [4.69, 9.17) is 10.1 Å². The second kappa shape index (κ2) is 15.3. The maximum absolute atomic E-state index is 13.7. The van der Waals surface area contributed by atoms with Gasteiger partial charge in [0, 0.05) is 75.4 Å². The number of benzene rings is 3. The van der Waals surface area contributed by atoms with Crippen LogP contribution in [0, 0.1) is 19.8 Å². The molecule has 6 heterocycles. The summed E-state index contributed by atoms with van der Waals surface area (Å²) in [5.74, 6) is -0.891. The zero-order chi connectivity index (χ0) is 42.9. The molecule has 3 fully saturated rings. The predicted molar refractivity (Wildman–Crippen MR) is 232 cm³/mol. The molecule has 1 aliphatic carbocycles. The number of rotatable bonds is 10. The fourth-order valence-electron chi connectivity index (χ4n) is 9.60. The van der Waals surface area contributed by atoms with Crippen molar-refractivity contribution in [3.63, 3.8) is 0 Å². The summed E-state index contributed by atoms with van der Waals surface area (Å²) in [6.07, 6.45) is 6.18. The molecule has 1 unspecified atom stereocenters. The average molecular weight is 836 g/mol. The summed E-state index contributed by atoms with van der Waals surface area (Å²) >= 11 is 0. The van der Waals surface area contributed by atoms with Crippen molar-refractivity contribution < 1.29 is 24.0 Å². The Hall–Kier alpha value is -6.68. The largest absolute Gasteiger partial charge is 0.371 e. The van der Waals surface area contributed by atoms with Gasteiger partial charge in [-0.1, -0.05) is 24.3 Å². The molecule has 0 bridgehead atoms. The number of amides is 5. The first-order valence-electron chi connectivity index (χ1n) is 21.5. The smallest absolute Gasteiger partial charge is 0.262 e. The van der Waals surface area contributed by atoms with E-state index < -0.39 is 29.7 Å². The molecule has 0 spiro atoms. The van der Waals surface area contributed by atoms with E-state index >= 15 is 0 Å². The van der Waals surface area contributed by atoms with Gasteiger partial charge in [0.1, 0.15) is 6.04 Å². The third kappa shape index (κ3) is 7.31. The molecular weight excluding hydrogens is 787 g/mol. The molecular formula is C46H49N11O5. The Morgan fingerprint density at radius 3 is 2.40 bits per heavy atom. The van der Waals surface area contributed by atoms with Crippen LogP contribution in [0.5, 0.6) is 0 Å². The van der Waals surface area contributed by atoms with Crippen molar-refractivity contribution in [2.75, 3.05) is 41.7 Å². The molecule has 1 saturated carbocycles. The molecule has 5 aliphatic rings. The van der Waals surface area contributed by atoms with Crippen molar-refractivity contribution in [2.45, 2.75) is 76.9 Å². The van der Waals surface area contributed by atoms with Crippen LogP contribution in [0.4, 0.5) is 28.8 Å². The number of hydrogen-bond acceptors (Lipinski definition) is 12. The van der Waals surface area contributed by atoms with E-state index in [1.165, 1.54) is 11.1 Å². The topological polar surface area (TPSA) is 187 Å². The SMILES string of the molecule is Cc1cccc(C)c1Nc1nn(C)c2nc(Nc3ccc4c(c3)CN(CC3(NC(=O)C5CCN(c6ccc7c(c6)C(=O)N(C6CCC(=O)NC6=O)C7=O)CC5)CC3)CC4)ncc12. The number of carbonyl (C=O) groups is 5. The summed E-state index contributed by atoms with van der Waals surface area (Å²) in [5.41, 5.74) is 8.61. The van der Waals surface area contributed by atoms with Crippen molar-refractivity contribution >= 4 is 69.4 Å². The minimum Gasteiger partial charge on any atom is -0.371 e. The average Bonchev–Trinajstić information content (AvgIpc) is 3.87. The van der Waals surface area contributed by atoms with Gasteiger partial charge in [-0.3, -0.25) is 39.1 Å². The lowest BCUT2D eigenvalue weighted by atomic mass is 9.94. The second-order valence-corrected chi connectivity index (χ2v) is 17.6. The first-order chi connectivity index (χ1) is 29.9. The van der Waals surface area contributed by atoms with Gasteiger partial charge in [-0.25, -0.2) is 9.67 Å². The highest BCUT2D eigenvalue weighted by atomic mass is 16.2. The number of anilines is 5. The van der Waals surface area contributed by atoms with Crippen LogP contribution in [0.25, 0.3) is 11.0 Å². The van der Waals surface area contributed by atoms with Gasteiger partial charge in [0.25, 0.3) is 11.8 Å². The van der Waals surface area contributed by atoms with Crippen molar-refractivity contribution in [3.05, 3.63) is 94.2 Å². The lowest BCUT2D eigenvalue weighted by Gasteiger charge is -2.35. The Bertz CT molecular complexity index is 2680. The molecule has 2 aromatic heterocycles. The van der Waals surface area contributed by atoms with Crippen LogP contribution in [0.3, 0.4) is 0 Å². The van der Waals surface area contributed by atoms with E-state index in [-0.39, 0.29) is 41.3 Å². The molecule has 2 saturated heterocycles. The maximum Gasteiger partial charge on any atom is 0.262 e. The number of hydrogen-bond donors (Lipinski definition) is 4. The Balaban J connectivity index is 0.735. The van der Waals surface area contributed by atoms with Crippen LogP contribution in [0.2, 0.25) is 0 Å². The lowest BCUT2D eigenvalue weighted by molar-refractivity contribution is -0.136. The van der Waals surface area contributed by atoms with Gasteiger partial charge in [0.15, 0.2) is 11.5 Å². The van der Waals surface area contributed by atoms with Crippen LogP contribution in [0.1, 0.15) is 81.5 Å². The molecule has 5 amide bonds. The highest BCUT2D eigenvalue weighted by Gasteiger charge is 2.47. The van der Waals surface area contributed by atoms with Crippen LogP contribution in [-0.2, 0) is 34.4 Å². The second-order valence-electron chi connectivity index (χ2n) is 17.6. The minimum atomic E-state index is -1.00. The Kier molecular flexibility index (Phi) is 9.77. The number of para-hydroxylation sites is 1. The Labute approximate surface area is 358 Å². The molecule has 10 rings (SSSR count). The van der Waals surface area contributed by atoms with E-state index in [1.54, 1.807) is 16.8 Å². The van der Waals surface area contributed by atoms with E-state index in [1.807, 2.05) is 25.4 Å². The number of piperidine rings is 2. The highest BCUT2D eigenvalue weighted by Crippen LogP contribution is 2.39. The maximum atomic E-state index is 13.7. The van der Waals surface area contributed by atoms with Crippen molar-refractivity contribution in [1.29, 1.82) is 0 Å². The van der Waals surface area contributed by atoms with Crippen molar-refractivity contribution in [3.8, 4) is 0 Å². The molecule has 0 radical (unpaired) electrons. The minimum absolute atomic E-state index is 0.0725. The standard InChI is InChI=1S/C46H49N11O5/c1-26-5-4-6-27(2)38(26)50-39-35-23-47-45(51-40(35)54(3)53-39)48-31-8-7-28-13-18-55(24-30(28)21-31)25-46(16-17-46)52-41(59)29-14-19-56(20-15-29)32-9-10-33-34(22-32)44(62)57(43(33)61)36-11-12-37(58)49-42(36)60/h4-10,21-23,29,36H,11-20,24-25H2,1-3H3,(H,50,53)(H,52,59)(H,47,48,51)(H,49,58,60). The van der Waals surface area contributed by atoms with Gasteiger partial charge in [-0.2, -0.15) is 10.1 Å². The first kappa shape index (κ1) is 39.5. The number of nitrogens with one attached hydrogen (secondary N) is 4. The van der Waals surface area contributed by atoms with Gasteiger partial charge in [0.2, 0.25) is 23.7 Å². The normalized spacial score (nSPS) is 20.0. The number of aromatic nitrogens is 4. The molecule has 3 aromatic carbocycles. The van der Waals surface area contributed by atoms with E-state index in [2.05, 4.69) is 80.2 Å². The third-order valence-corrected chi connectivity index (χ3v) is 13.3. The highest BCUT2D eigenvalue weighted by molar-refractivity contribution is 6.23. The summed E-state index contributed by atoms with van der Waals surface area (Å²) in [6.45, 7) is 7.93. The number of carbonyl (C=O) groups excluding carboxylic acids is 5. The van der Waals surface area contributed by atoms with Crippen LogP contribution in [0.15, 0.2) is 60.8 Å². The van der Waals surface area contributed by atoms with Gasteiger partial charge >= 0.3 is 0 Å². The molecule has 1 atom stereocenters. The van der Waals surface area contributed by atoms with Gasteiger partial charge in [0.05, 0.1) is 22.1 Å².